The summed E-state index contributed by atoms with van der Waals surface area (Å²) in [5.41, 5.74) is 8.99. The van der Waals surface area contributed by atoms with E-state index in [2.05, 4.69) is 18.2 Å². The summed E-state index contributed by atoms with van der Waals surface area (Å²) in [6, 6.07) is 6.51. The maximum atomic E-state index is 12.6. The Bertz CT molecular complexity index is 472. The van der Waals surface area contributed by atoms with Gasteiger partial charge in [-0.25, -0.2) is 0 Å². The highest BCUT2D eigenvalue weighted by Crippen LogP contribution is 2.28. The van der Waals surface area contributed by atoms with Crippen LogP contribution in [0.15, 0.2) is 23.1 Å². The van der Waals surface area contributed by atoms with Crippen LogP contribution < -0.4 is 5.73 Å². The van der Waals surface area contributed by atoms with Crippen molar-refractivity contribution in [3.8, 4) is 0 Å². The van der Waals surface area contributed by atoms with Gasteiger partial charge in [-0.2, -0.15) is 0 Å². The Morgan fingerprint density at radius 3 is 2.67 bits per heavy atom. The van der Waals surface area contributed by atoms with E-state index in [0.29, 0.717) is 0 Å². The van der Waals surface area contributed by atoms with Gasteiger partial charge in [0.05, 0.1) is 16.0 Å². The second-order valence-electron chi connectivity index (χ2n) is 5.57. The third-order valence-corrected chi connectivity index (χ3v) is 6.18. The van der Waals surface area contributed by atoms with Crippen molar-refractivity contribution in [1.82, 2.24) is 0 Å². The zero-order valence-corrected chi connectivity index (χ0v) is 11.5. The Kier molecular flexibility index (Phi) is 3.53. The summed E-state index contributed by atoms with van der Waals surface area (Å²) in [6.07, 6.45) is 8.00. The highest BCUT2D eigenvalue weighted by Gasteiger charge is 2.28. The largest absolute Gasteiger partial charge is 0.327 e. The van der Waals surface area contributed by atoms with Gasteiger partial charge in [-0.15, -0.1) is 0 Å². The van der Waals surface area contributed by atoms with E-state index in [1.54, 1.807) is 0 Å². The van der Waals surface area contributed by atoms with Crippen molar-refractivity contribution < 1.29 is 4.21 Å². The molecule has 1 fully saturated rings. The van der Waals surface area contributed by atoms with Crippen LogP contribution in [0, 0.1) is 0 Å². The molecule has 2 aliphatic rings. The molecule has 1 aromatic carbocycles. The smallest absolute Gasteiger partial charge is 0.0576 e. The van der Waals surface area contributed by atoms with Crippen LogP contribution in [0.2, 0.25) is 0 Å². The Labute approximate surface area is 111 Å². The highest BCUT2D eigenvalue weighted by atomic mass is 32.2. The normalized spacial score (nSPS) is 28.9. The molecule has 0 radical (unpaired) electrons. The fraction of sp³-hybridized carbons (Fsp3) is 0.600. The minimum Gasteiger partial charge on any atom is -0.327 e. The molecular formula is C15H21NOS. The minimum absolute atomic E-state index is 0.118. The summed E-state index contributed by atoms with van der Waals surface area (Å²) in [5, 5.41) is 0.165. The first kappa shape index (κ1) is 12.4. The average molecular weight is 263 g/mol. The Morgan fingerprint density at radius 1 is 1.06 bits per heavy atom. The topological polar surface area (TPSA) is 43.1 Å². The number of benzene rings is 1. The lowest BCUT2D eigenvalue weighted by Gasteiger charge is -2.27. The molecule has 0 spiro atoms. The van der Waals surface area contributed by atoms with E-state index in [1.165, 1.54) is 36.8 Å². The zero-order valence-electron chi connectivity index (χ0n) is 10.7. The van der Waals surface area contributed by atoms with Crippen LogP contribution in [0.5, 0.6) is 0 Å². The molecule has 18 heavy (non-hydrogen) atoms. The second kappa shape index (κ2) is 5.14. The maximum absolute atomic E-state index is 12.6. The molecule has 0 aromatic heterocycles. The summed E-state index contributed by atoms with van der Waals surface area (Å²) >= 11 is 0. The number of rotatable bonds is 2. The van der Waals surface area contributed by atoms with Crippen LogP contribution in [0.1, 0.15) is 43.2 Å². The molecule has 3 atom stereocenters. The van der Waals surface area contributed by atoms with Crippen LogP contribution in [0.3, 0.4) is 0 Å². The van der Waals surface area contributed by atoms with Gasteiger partial charge in [0, 0.05) is 10.9 Å². The van der Waals surface area contributed by atoms with Crippen molar-refractivity contribution in [3.05, 3.63) is 29.3 Å². The maximum Gasteiger partial charge on any atom is 0.0576 e. The molecule has 3 heteroatoms. The van der Waals surface area contributed by atoms with Gasteiger partial charge in [0.25, 0.3) is 0 Å². The van der Waals surface area contributed by atoms with Crippen molar-refractivity contribution in [2.45, 2.75) is 61.1 Å². The third-order valence-electron chi connectivity index (χ3n) is 4.33. The van der Waals surface area contributed by atoms with Gasteiger partial charge in [0.15, 0.2) is 0 Å². The van der Waals surface area contributed by atoms with Gasteiger partial charge < -0.3 is 5.73 Å². The summed E-state index contributed by atoms with van der Waals surface area (Å²) in [4.78, 5) is 0.998. The summed E-state index contributed by atoms with van der Waals surface area (Å²) in [7, 11) is -0.917. The zero-order chi connectivity index (χ0) is 12.5. The van der Waals surface area contributed by atoms with E-state index in [0.717, 1.165) is 24.2 Å². The van der Waals surface area contributed by atoms with E-state index in [9.17, 15) is 4.21 Å². The fourth-order valence-electron chi connectivity index (χ4n) is 3.24. The predicted molar refractivity (Wildman–Crippen MR) is 75.1 cm³/mol. The molecule has 2 nitrogen and oxygen atoms in total. The van der Waals surface area contributed by atoms with Gasteiger partial charge in [-0.1, -0.05) is 18.9 Å². The number of aryl methyl sites for hydroxylation is 2. The molecule has 2 aliphatic carbocycles. The molecule has 3 unspecified atom stereocenters. The van der Waals surface area contributed by atoms with Gasteiger partial charge in [-0.05, 0) is 55.4 Å². The lowest BCUT2D eigenvalue weighted by molar-refractivity contribution is 0.445. The number of hydrogen-bond acceptors (Lipinski definition) is 2. The quantitative estimate of drug-likeness (QED) is 0.891. The van der Waals surface area contributed by atoms with E-state index < -0.39 is 10.8 Å². The molecule has 1 aromatic rings. The molecule has 0 aliphatic heterocycles. The molecular weight excluding hydrogens is 242 g/mol. The number of hydrogen-bond donors (Lipinski definition) is 1. The van der Waals surface area contributed by atoms with Crippen LogP contribution in [0.4, 0.5) is 0 Å². The van der Waals surface area contributed by atoms with E-state index in [-0.39, 0.29) is 11.3 Å². The highest BCUT2D eigenvalue weighted by molar-refractivity contribution is 7.85. The van der Waals surface area contributed by atoms with E-state index >= 15 is 0 Å². The van der Waals surface area contributed by atoms with Crippen LogP contribution in [0.25, 0.3) is 0 Å². The first-order valence-corrected chi connectivity index (χ1v) is 8.25. The monoisotopic (exact) mass is 263 g/mol. The van der Waals surface area contributed by atoms with Crippen molar-refractivity contribution >= 4 is 10.8 Å². The van der Waals surface area contributed by atoms with Crippen molar-refractivity contribution in [1.29, 1.82) is 0 Å². The van der Waals surface area contributed by atoms with Crippen LogP contribution in [-0.2, 0) is 23.6 Å². The van der Waals surface area contributed by atoms with E-state index in [1.807, 2.05) is 0 Å². The summed E-state index contributed by atoms with van der Waals surface area (Å²) in [6.45, 7) is 0. The van der Waals surface area contributed by atoms with Gasteiger partial charge >= 0.3 is 0 Å². The Hall–Kier alpha value is -0.670. The molecule has 3 rings (SSSR count). The summed E-state index contributed by atoms with van der Waals surface area (Å²) < 4.78 is 12.6. The molecule has 0 saturated heterocycles. The summed E-state index contributed by atoms with van der Waals surface area (Å²) in [5.74, 6) is 0. The first-order valence-electron chi connectivity index (χ1n) is 7.03. The molecule has 0 heterocycles. The number of nitrogens with two attached hydrogens (primary N) is 1. The molecule has 98 valence electrons. The van der Waals surface area contributed by atoms with Crippen LogP contribution in [-0.4, -0.2) is 15.5 Å². The average Bonchev–Trinajstić information content (AvgIpc) is 2.85. The third kappa shape index (κ3) is 2.26. The molecule has 0 bridgehead atoms. The van der Waals surface area contributed by atoms with Crippen LogP contribution >= 0.6 is 0 Å². The Balaban J connectivity index is 1.83. The van der Waals surface area contributed by atoms with E-state index in [4.69, 9.17) is 5.73 Å². The van der Waals surface area contributed by atoms with Gasteiger partial charge in [0.2, 0.25) is 0 Å². The predicted octanol–water partition coefficient (Wildman–Crippen LogP) is 2.55. The standard InChI is InChI=1S/C15H21NOS/c16-14-6-1-2-7-15(14)18(17)13-9-8-11-4-3-5-12(11)10-13/h8-10,14-15H,1-7,16H2. The SMILES string of the molecule is NC1CCCCC1S(=O)c1ccc2c(c1)CCC2. The number of fused-ring (bicyclic) bond motifs is 1. The minimum atomic E-state index is -0.917. The van der Waals surface area contributed by atoms with Gasteiger partial charge in [-0.3, -0.25) is 4.21 Å². The van der Waals surface area contributed by atoms with Gasteiger partial charge in [0.1, 0.15) is 0 Å². The van der Waals surface area contributed by atoms with Crippen molar-refractivity contribution in [2.24, 2.45) is 5.73 Å². The van der Waals surface area contributed by atoms with Crippen molar-refractivity contribution in [2.75, 3.05) is 0 Å². The van der Waals surface area contributed by atoms with Crippen molar-refractivity contribution in [3.63, 3.8) is 0 Å². The lowest BCUT2D eigenvalue weighted by Crippen LogP contribution is -2.40. The molecule has 1 saturated carbocycles. The second-order valence-corrected chi connectivity index (χ2v) is 7.24. The molecule has 0 amide bonds. The molecule has 2 N–H and O–H groups in total. The first-order chi connectivity index (χ1) is 8.75. The lowest BCUT2D eigenvalue weighted by atomic mass is 9.96. The Morgan fingerprint density at radius 2 is 1.83 bits per heavy atom. The fourth-order valence-corrected chi connectivity index (χ4v) is 4.88.